The summed E-state index contributed by atoms with van der Waals surface area (Å²) in [6, 6.07) is 0. The molecule has 0 radical (unpaired) electrons. The third kappa shape index (κ3) is 1.52. The third-order valence-corrected chi connectivity index (χ3v) is 2.14. The van der Waals surface area contributed by atoms with Gasteiger partial charge in [0.1, 0.15) is 11.4 Å². The van der Waals surface area contributed by atoms with E-state index in [9.17, 15) is 0 Å². The Morgan fingerprint density at radius 1 is 1.54 bits per heavy atom. The van der Waals surface area contributed by atoms with Crippen molar-refractivity contribution in [2.75, 3.05) is 7.05 Å². The summed E-state index contributed by atoms with van der Waals surface area (Å²) in [5.74, 6) is 0. The molecule has 13 heavy (non-hydrogen) atoms. The lowest BCUT2D eigenvalue weighted by atomic mass is 10.2. The van der Waals surface area contributed by atoms with Crippen molar-refractivity contribution < 1.29 is 0 Å². The minimum Gasteiger partial charge on any atom is -0.291 e. The summed E-state index contributed by atoms with van der Waals surface area (Å²) in [5, 5.41) is 4.30. The third-order valence-electron chi connectivity index (χ3n) is 2.14. The van der Waals surface area contributed by atoms with Crippen LogP contribution in [0, 0.1) is 6.92 Å². The molecule has 0 bridgehead atoms. The smallest absolute Gasteiger partial charge is 0.132 e. The summed E-state index contributed by atoms with van der Waals surface area (Å²) in [4.78, 5) is 8.02. The van der Waals surface area contributed by atoms with Gasteiger partial charge in [-0.05, 0) is 20.6 Å². The van der Waals surface area contributed by atoms with E-state index in [1.165, 1.54) is 0 Å². The van der Waals surface area contributed by atoms with Crippen molar-refractivity contribution in [3.8, 4) is 0 Å². The molecule has 4 heteroatoms. The minimum absolute atomic E-state index is 0.817. The summed E-state index contributed by atoms with van der Waals surface area (Å²) in [5.41, 5.74) is 3.53. The van der Waals surface area contributed by atoms with E-state index < -0.39 is 0 Å². The highest BCUT2D eigenvalue weighted by Gasteiger charge is 2.12. The summed E-state index contributed by atoms with van der Waals surface area (Å²) >= 11 is 0. The largest absolute Gasteiger partial charge is 0.291 e. The monoisotopic (exact) mass is 178 g/mol. The molecular formula is C9H14N4. The van der Waals surface area contributed by atoms with Gasteiger partial charge in [-0.15, -0.1) is 0 Å². The highest BCUT2D eigenvalue weighted by Crippen LogP contribution is 2.22. The maximum atomic E-state index is 4.30. The Labute approximate surface area is 78.0 Å². The number of nitrogens with zero attached hydrogens (tertiary/aromatic N) is 4. The van der Waals surface area contributed by atoms with Crippen molar-refractivity contribution >= 4 is 18.1 Å². The quantitative estimate of drug-likeness (QED) is 0.633. The molecule has 70 valence electrons. The molecule has 0 atom stereocenters. The molecule has 0 N–H and O–H groups in total. The van der Waals surface area contributed by atoms with E-state index in [2.05, 4.69) is 21.8 Å². The van der Waals surface area contributed by atoms with Gasteiger partial charge < -0.3 is 0 Å². The van der Waals surface area contributed by atoms with E-state index in [0.717, 1.165) is 22.8 Å². The number of hydrogen-bond acceptors (Lipinski definition) is 3. The van der Waals surface area contributed by atoms with E-state index in [1.54, 1.807) is 11.7 Å². The van der Waals surface area contributed by atoms with Crippen LogP contribution in [0.3, 0.4) is 0 Å². The number of rotatable bonds is 2. The molecule has 0 aliphatic rings. The summed E-state index contributed by atoms with van der Waals surface area (Å²) < 4.78 is 1.79. The molecule has 1 aromatic rings. The van der Waals surface area contributed by atoms with Crippen molar-refractivity contribution in [1.29, 1.82) is 0 Å². The van der Waals surface area contributed by atoms with Crippen LogP contribution in [0.1, 0.15) is 18.3 Å². The van der Waals surface area contributed by atoms with Crippen LogP contribution in [0.4, 0.5) is 5.69 Å². The zero-order valence-corrected chi connectivity index (χ0v) is 8.50. The van der Waals surface area contributed by atoms with E-state index in [4.69, 9.17) is 0 Å². The van der Waals surface area contributed by atoms with Crippen molar-refractivity contribution in [2.24, 2.45) is 17.0 Å². The molecule has 0 saturated heterocycles. The fourth-order valence-corrected chi connectivity index (χ4v) is 1.14. The molecule has 0 saturated carbocycles. The molecule has 4 nitrogen and oxygen atoms in total. The molecule has 0 fully saturated rings. The first-order valence-corrected chi connectivity index (χ1v) is 4.06. The van der Waals surface area contributed by atoms with Crippen molar-refractivity contribution in [3.05, 3.63) is 11.4 Å². The molecule has 1 heterocycles. The van der Waals surface area contributed by atoms with Crippen LogP contribution in [0.15, 0.2) is 9.98 Å². The second kappa shape index (κ2) is 3.51. The van der Waals surface area contributed by atoms with Gasteiger partial charge in [-0.1, -0.05) is 0 Å². The van der Waals surface area contributed by atoms with Gasteiger partial charge in [-0.3, -0.25) is 14.7 Å². The minimum atomic E-state index is 0.817. The predicted octanol–water partition coefficient (Wildman–Crippen LogP) is 1.50. The van der Waals surface area contributed by atoms with Crippen LogP contribution < -0.4 is 0 Å². The van der Waals surface area contributed by atoms with E-state index in [1.807, 2.05) is 20.9 Å². The van der Waals surface area contributed by atoms with Crippen molar-refractivity contribution in [3.63, 3.8) is 0 Å². The maximum Gasteiger partial charge on any atom is 0.132 e. The number of aromatic nitrogens is 2. The molecule has 0 spiro atoms. The second-order valence-electron chi connectivity index (χ2n) is 2.87. The van der Waals surface area contributed by atoms with Crippen LogP contribution in [0.2, 0.25) is 0 Å². The zero-order valence-electron chi connectivity index (χ0n) is 8.50. The van der Waals surface area contributed by atoms with Crippen LogP contribution >= 0.6 is 0 Å². The SMILES string of the molecule is C=Nc1c(C(C)=NC)nn(C)c1C. The lowest BCUT2D eigenvalue weighted by Crippen LogP contribution is -1.98. The normalized spacial score (nSPS) is 11.8. The van der Waals surface area contributed by atoms with Crippen molar-refractivity contribution in [2.45, 2.75) is 13.8 Å². The van der Waals surface area contributed by atoms with Gasteiger partial charge in [-0.25, -0.2) is 0 Å². The van der Waals surface area contributed by atoms with Gasteiger partial charge in [0.15, 0.2) is 0 Å². The Hall–Kier alpha value is -1.45. The first kappa shape index (κ1) is 9.64. The van der Waals surface area contributed by atoms with Gasteiger partial charge in [0.2, 0.25) is 0 Å². The van der Waals surface area contributed by atoms with Gasteiger partial charge in [0, 0.05) is 14.1 Å². The molecule has 1 rings (SSSR count). The van der Waals surface area contributed by atoms with Gasteiger partial charge >= 0.3 is 0 Å². The fourth-order valence-electron chi connectivity index (χ4n) is 1.14. The Morgan fingerprint density at radius 2 is 2.15 bits per heavy atom. The standard InChI is InChI=1S/C9H14N4/c1-6(10-3)8-9(11-4)7(2)13(5)12-8/h4H2,1-3,5H3. The molecule has 0 aromatic carbocycles. The summed E-state index contributed by atoms with van der Waals surface area (Å²) in [6.45, 7) is 7.40. The zero-order chi connectivity index (χ0) is 10.0. The first-order valence-electron chi connectivity index (χ1n) is 4.06. The predicted molar refractivity (Wildman–Crippen MR) is 55.3 cm³/mol. The first-order chi connectivity index (χ1) is 6.11. The summed E-state index contributed by atoms with van der Waals surface area (Å²) in [7, 11) is 3.63. The van der Waals surface area contributed by atoms with Crippen molar-refractivity contribution in [1.82, 2.24) is 9.78 Å². The maximum absolute atomic E-state index is 4.30. The van der Waals surface area contributed by atoms with Gasteiger partial charge in [0.25, 0.3) is 0 Å². The van der Waals surface area contributed by atoms with Crippen LogP contribution in [0.5, 0.6) is 0 Å². The second-order valence-corrected chi connectivity index (χ2v) is 2.87. The number of aryl methyl sites for hydroxylation is 1. The average molecular weight is 178 g/mol. The molecule has 0 aliphatic carbocycles. The Bertz CT molecular complexity index is 360. The van der Waals surface area contributed by atoms with Gasteiger partial charge in [0.05, 0.1) is 11.4 Å². The topological polar surface area (TPSA) is 42.5 Å². The summed E-state index contributed by atoms with van der Waals surface area (Å²) in [6.07, 6.45) is 0. The molecule has 0 amide bonds. The van der Waals surface area contributed by atoms with E-state index >= 15 is 0 Å². The van der Waals surface area contributed by atoms with E-state index in [-0.39, 0.29) is 0 Å². The van der Waals surface area contributed by atoms with E-state index in [0.29, 0.717) is 0 Å². The molecule has 0 unspecified atom stereocenters. The van der Waals surface area contributed by atoms with Crippen LogP contribution in [-0.4, -0.2) is 29.3 Å². The van der Waals surface area contributed by atoms with Crippen LogP contribution in [0.25, 0.3) is 0 Å². The highest BCUT2D eigenvalue weighted by molar-refractivity contribution is 6.01. The Balaban J connectivity index is 3.37. The molecule has 1 aromatic heterocycles. The fraction of sp³-hybridized carbons (Fsp3) is 0.444. The molecular weight excluding hydrogens is 164 g/mol. The van der Waals surface area contributed by atoms with Crippen LogP contribution in [-0.2, 0) is 7.05 Å². The lowest BCUT2D eigenvalue weighted by molar-refractivity contribution is 0.737. The average Bonchev–Trinajstić information content (AvgIpc) is 2.42. The number of aliphatic imine (C=N–C) groups is 2. The number of hydrogen-bond donors (Lipinski definition) is 0. The lowest BCUT2D eigenvalue weighted by Gasteiger charge is -1.94. The Kier molecular flexibility index (Phi) is 2.60. The molecule has 0 aliphatic heterocycles. The Morgan fingerprint density at radius 3 is 2.62 bits per heavy atom. The van der Waals surface area contributed by atoms with Gasteiger partial charge in [-0.2, -0.15) is 5.10 Å². The highest BCUT2D eigenvalue weighted by atomic mass is 15.3.